The molecule has 0 saturated heterocycles. The Labute approximate surface area is 102 Å². The number of methoxy groups -OCH3 is 1. The van der Waals surface area contributed by atoms with Gasteiger partial charge in [-0.3, -0.25) is 0 Å². The third-order valence-corrected chi connectivity index (χ3v) is 2.70. The Bertz CT molecular complexity index is 564. The van der Waals surface area contributed by atoms with Crippen molar-refractivity contribution >= 4 is 10.8 Å². The summed E-state index contributed by atoms with van der Waals surface area (Å²) in [4.78, 5) is 0. The molecule has 1 N–H and O–H groups in total. The number of benzene rings is 2. The first-order chi connectivity index (χ1) is 8.41. The Morgan fingerprint density at radius 2 is 1.67 bits per heavy atom. The minimum absolute atomic E-state index is 0.167. The molecule has 5 heteroatoms. The number of aliphatic hydroxyl groups excluding tert-OH is 1. The fourth-order valence-electron chi connectivity index (χ4n) is 1.73. The summed E-state index contributed by atoms with van der Waals surface area (Å²) in [5, 5.41) is 10.5. The number of hydrogen-bond donors (Lipinski definition) is 1. The molecule has 0 heterocycles. The second-order valence-electron chi connectivity index (χ2n) is 3.92. The third-order valence-electron chi connectivity index (χ3n) is 2.70. The molecule has 0 spiro atoms. The van der Waals surface area contributed by atoms with Crippen LogP contribution in [0.3, 0.4) is 0 Å². The normalized spacial score (nSPS) is 13.6. The molecule has 2 aromatic rings. The zero-order chi connectivity index (χ0) is 13.3. The average Bonchev–Trinajstić information content (AvgIpc) is 2.35. The summed E-state index contributed by atoms with van der Waals surface area (Å²) in [6.07, 6.45) is -7.11. The van der Waals surface area contributed by atoms with Gasteiger partial charge in [-0.25, -0.2) is 0 Å². The van der Waals surface area contributed by atoms with Crippen LogP contribution < -0.4 is 4.74 Å². The van der Waals surface area contributed by atoms with Crippen molar-refractivity contribution in [1.82, 2.24) is 0 Å². The van der Waals surface area contributed by atoms with Gasteiger partial charge in [-0.1, -0.05) is 18.2 Å². The highest BCUT2D eigenvalue weighted by Gasteiger charge is 2.39. The molecule has 0 bridgehead atoms. The molecule has 0 radical (unpaired) electrons. The van der Waals surface area contributed by atoms with Crippen LogP contribution in [0.2, 0.25) is 0 Å². The lowest BCUT2D eigenvalue weighted by atomic mass is 10.0. The summed E-state index contributed by atoms with van der Waals surface area (Å²) >= 11 is 0. The van der Waals surface area contributed by atoms with Crippen LogP contribution in [0.25, 0.3) is 10.8 Å². The van der Waals surface area contributed by atoms with E-state index in [0.717, 1.165) is 5.39 Å². The number of aliphatic hydroxyl groups is 1. The summed E-state index contributed by atoms with van der Waals surface area (Å²) in [6.45, 7) is 0. The molecular formula is C13H11F3O2. The van der Waals surface area contributed by atoms with Crippen LogP contribution in [-0.4, -0.2) is 18.4 Å². The minimum atomic E-state index is -4.65. The molecular weight excluding hydrogens is 245 g/mol. The Kier molecular flexibility index (Phi) is 3.17. The maximum atomic E-state index is 12.4. The Morgan fingerprint density at radius 1 is 1.06 bits per heavy atom. The van der Waals surface area contributed by atoms with Crippen molar-refractivity contribution in [3.05, 3.63) is 42.0 Å². The van der Waals surface area contributed by atoms with Crippen LogP contribution in [0.5, 0.6) is 5.75 Å². The van der Waals surface area contributed by atoms with E-state index < -0.39 is 12.3 Å². The summed E-state index contributed by atoms with van der Waals surface area (Å²) in [5.41, 5.74) is -0.167. The van der Waals surface area contributed by atoms with Gasteiger partial charge in [0, 0.05) is 0 Å². The van der Waals surface area contributed by atoms with Crippen molar-refractivity contribution in [2.75, 3.05) is 7.11 Å². The predicted octanol–water partition coefficient (Wildman–Crippen LogP) is 3.44. The predicted molar refractivity (Wildman–Crippen MR) is 61.5 cm³/mol. The fourth-order valence-corrected chi connectivity index (χ4v) is 1.73. The van der Waals surface area contributed by atoms with Crippen molar-refractivity contribution < 1.29 is 23.0 Å². The summed E-state index contributed by atoms with van der Waals surface area (Å²) in [5.74, 6) is 0.631. The van der Waals surface area contributed by atoms with E-state index in [1.165, 1.54) is 25.3 Å². The number of fused-ring (bicyclic) bond motifs is 1. The van der Waals surface area contributed by atoms with Gasteiger partial charge in [-0.05, 0) is 34.5 Å². The molecule has 96 valence electrons. The van der Waals surface area contributed by atoms with Gasteiger partial charge in [-0.2, -0.15) is 13.2 Å². The maximum Gasteiger partial charge on any atom is 0.418 e. The quantitative estimate of drug-likeness (QED) is 0.891. The lowest BCUT2D eigenvalue weighted by Crippen LogP contribution is -2.20. The Morgan fingerprint density at radius 3 is 2.28 bits per heavy atom. The highest BCUT2D eigenvalue weighted by Crippen LogP contribution is 2.34. The number of rotatable bonds is 2. The van der Waals surface area contributed by atoms with Crippen LogP contribution in [-0.2, 0) is 0 Å². The van der Waals surface area contributed by atoms with Gasteiger partial charge in [0.15, 0.2) is 6.10 Å². The van der Waals surface area contributed by atoms with E-state index >= 15 is 0 Å². The Balaban J connectivity index is 2.45. The number of hydrogen-bond acceptors (Lipinski definition) is 2. The smallest absolute Gasteiger partial charge is 0.418 e. The molecule has 0 amide bonds. The van der Waals surface area contributed by atoms with Crippen LogP contribution in [0.1, 0.15) is 11.7 Å². The van der Waals surface area contributed by atoms with Crippen molar-refractivity contribution in [3.8, 4) is 5.75 Å². The van der Waals surface area contributed by atoms with E-state index in [-0.39, 0.29) is 5.56 Å². The first-order valence-electron chi connectivity index (χ1n) is 5.24. The van der Waals surface area contributed by atoms with Crippen LogP contribution >= 0.6 is 0 Å². The van der Waals surface area contributed by atoms with Crippen LogP contribution in [0, 0.1) is 0 Å². The zero-order valence-corrected chi connectivity index (χ0v) is 9.53. The molecule has 18 heavy (non-hydrogen) atoms. The molecule has 0 aromatic heterocycles. The van der Waals surface area contributed by atoms with Gasteiger partial charge < -0.3 is 9.84 Å². The van der Waals surface area contributed by atoms with Gasteiger partial charge in [0.2, 0.25) is 0 Å². The number of halogens is 3. The molecule has 0 aliphatic heterocycles. The standard InChI is InChI=1S/C13H11F3O2/c1-18-11-5-4-8-6-10(3-2-9(8)7-11)12(17)13(14,15)16/h2-7,12,17H,1H3/t12-/m0/s1. The summed E-state index contributed by atoms with van der Waals surface area (Å²) < 4.78 is 42.2. The lowest BCUT2D eigenvalue weighted by molar-refractivity contribution is -0.206. The maximum absolute atomic E-state index is 12.4. The minimum Gasteiger partial charge on any atom is -0.497 e. The number of ether oxygens (including phenoxy) is 1. The van der Waals surface area contributed by atoms with Crippen LogP contribution in [0.4, 0.5) is 13.2 Å². The van der Waals surface area contributed by atoms with Gasteiger partial charge in [-0.15, -0.1) is 0 Å². The zero-order valence-electron chi connectivity index (χ0n) is 9.53. The summed E-state index contributed by atoms with van der Waals surface area (Å²) in [7, 11) is 1.52. The molecule has 1 atom stereocenters. The number of alkyl halides is 3. The first-order valence-corrected chi connectivity index (χ1v) is 5.24. The van der Waals surface area contributed by atoms with E-state index in [1.54, 1.807) is 18.2 Å². The van der Waals surface area contributed by atoms with Crippen molar-refractivity contribution in [1.29, 1.82) is 0 Å². The second-order valence-corrected chi connectivity index (χ2v) is 3.92. The fraction of sp³-hybridized carbons (Fsp3) is 0.231. The molecule has 0 fully saturated rings. The van der Waals surface area contributed by atoms with E-state index in [2.05, 4.69) is 0 Å². The monoisotopic (exact) mass is 256 g/mol. The third kappa shape index (κ3) is 2.41. The second kappa shape index (κ2) is 4.49. The van der Waals surface area contributed by atoms with E-state index in [4.69, 9.17) is 9.84 Å². The van der Waals surface area contributed by atoms with Gasteiger partial charge in [0.1, 0.15) is 5.75 Å². The topological polar surface area (TPSA) is 29.5 Å². The van der Waals surface area contributed by atoms with Gasteiger partial charge in [0.25, 0.3) is 0 Å². The van der Waals surface area contributed by atoms with Crippen molar-refractivity contribution in [2.24, 2.45) is 0 Å². The SMILES string of the molecule is COc1ccc2cc([C@H](O)C(F)(F)F)ccc2c1. The molecule has 0 aliphatic carbocycles. The highest BCUT2D eigenvalue weighted by molar-refractivity contribution is 5.84. The molecule has 2 rings (SSSR count). The van der Waals surface area contributed by atoms with E-state index in [9.17, 15) is 13.2 Å². The molecule has 0 unspecified atom stereocenters. The molecule has 0 saturated carbocycles. The molecule has 2 nitrogen and oxygen atoms in total. The summed E-state index contributed by atoms with van der Waals surface area (Å²) in [6, 6.07) is 9.15. The highest BCUT2D eigenvalue weighted by atomic mass is 19.4. The van der Waals surface area contributed by atoms with Crippen molar-refractivity contribution in [2.45, 2.75) is 12.3 Å². The average molecular weight is 256 g/mol. The Hall–Kier alpha value is -1.75. The van der Waals surface area contributed by atoms with Gasteiger partial charge >= 0.3 is 6.18 Å². The van der Waals surface area contributed by atoms with E-state index in [0.29, 0.717) is 11.1 Å². The molecule has 0 aliphatic rings. The van der Waals surface area contributed by atoms with Gasteiger partial charge in [0.05, 0.1) is 7.11 Å². The first kappa shape index (κ1) is 12.7. The van der Waals surface area contributed by atoms with Crippen LogP contribution in [0.15, 0.2) is 36.4 Å². The molecule has 2 aromatic carbocycles. The van der Waals surface area contributed by atoms with Crippen molar-refractivity contribution in [3.63, 3.8) is 0 Å². The largest absolute Gasteiger partial charge is 0.497 e. The van der Waals surface area contributed by atoms with E-state index in [1.807, 2.05) is 0 Å². The lowest BCUT2D eigenvalue weighted by Gasteiger charge is -2.15.